The number of aromatic nitrogens is 4. The molecule has 0 spiro atoms. The second kappa shape index (κ2) is 15.3. The number of rotatable bonds is 6. The molecule has 0 atom stereocenters. The zero-order valence-electron chi connectivity index (χ0n) is 38.5. The number of pyridine rings is 2. The number of hydrogen-bond donors (Lipinski definition) is 0. The second-order valence-electron chi connectivity index (χ2n) is 18.9. The molecule has 1 aliphatic rings. The molecule has 4 heterocycles. The van der Waals surface area contributed by atoms with Crippen LogP contribution in [0.3, 0.4) is 0 Å². The maximum Gasteiger partial charge on any atom is 0.0780 e. The van der Waals surface area contributed by atoms with Crippen molar-refractivity contribution < 1.29 is 0 Å². The molecule has 15 rings (SSSR count). The predicted molar refractivity (Wildman–Crippen MR) is 294 cm³/mol. The van der Waals surface area contributed by atoms with E-state index >= 15 is 0 Å². The quantitative estimate of drug-likeness (QED) is 0.167. The van der Waals surface area contributed by atoms with Crippen LogP contribution in [0.15, 0.2) is 255 Å². The van der Waals surface area contributed by atoms with Crippen LogP contribution < -0.4 is 0 Å². The van der Waals surface area contributed by atoms with Crippen molar-refractivity contribution >= 4 is 65.4 Å². The Hall–Kier alpha value is -9.38. The van der Waals surface area contributed by atoms with Crippen LogP contribution in [0.4, 0.5) is 0 Å². The third-order valence-corrected chi connectivity index (χ3v) is 15.3. The summed E-state index contributed by atoms with van der Waals surface area (Å²) in [5, 5.41) is 7.09. The molecule has 4 nitrogen and oxygen atoms in total. The molecular weight excluding hydrogens is 861 g/mol. The van der Waals surface area contributed by atoms with Crippen molar-refractivity contribution in [3.05, 3.63) is 277 Å². The summed E-state index contributed by atoms with van der Waals surface area (Å²) in [5.41, 5.74) is 20.0. The minimum Gasteiger partial charge on any atom is -0.309 e. The van der Waals surface area contributed by atoms with Gasteiger partial charge < -0.3 is 9.13 Å². The van der Waals surface area contributed by atoms with Gasteiger partial charge in [0, 0.05) is 67.2 Å². The Morgan fingerprint density at radius 1 is 0.296 bits per heavy atom. The smallest absolute Gasteiger partial charge is 0.0780 e. The van der Waals surface area contributed by atoms with Crippen LogP contribution in [-0.4, -0.2) is 19.1 Å². The first-order chi connectivity index (χ1) is 35.2. The highest BCUT2D eigenvalue weighted by Crippen LogP contribution is 2.59. The SMILES string of the molecule is c1ccc(-n2c3ccccc3c3cc(C4(c5ccc6c(c5)c5ccccc5n6-c5ccccc5)c5cc(-c6cccc7cccnc67)ccc5-c5ccc(-c6cccc7cccnc67)cc54)ccc32)cc1. The van der Waals surface area contributed by atoms with E-state index < -0.39 is 5.41 Å². The van der Waals surface area contributed by atoms with Gasteiger partial charge in [-0.2, -0.15) is 0 Å². The minimum absolute atomic E-state index is 0.791. The van der Waals surface area contributed by atoms with Gasteiger partial charge in [-0.3, -0.25) is 9.97 Å². The van der Waals surface area contributed by atoms with Gasteiger partial charge in [0.05, 0.1) is 38.5 Å². The lowest BCUT2D eigenvalue weighted by atomic mass is 9.66. The molecule has 0 amide bonds. The van der Waals surface area contributed by atoms with Gasteiger partial charge in [-0.05, 0) is 129 Å². The molecule has 4 heteroatoms. The van der Waals surface area contributed by atoms with Gasteiger partial charge in [0.25, 0.3) is 0 Å². The van der Waals surface area contributed by atoms with E-state index in [2.05, 4.69) is 240 Å². The first kappa shape index (κ1) is 39.6. The highest BCUT2D eigenvalue weighted by atomic mass is 15.0. The Bertz CT molecular complexity index is 4170. The fraction of sp³-hybridized carbons (Fsp3) is 0.0149. The maximum atomic E-state index is 4.98. The average Bonchev–Trinajstić information content (AvgIpc) is 4.06. The van der Waals surface area contributed by atoms with E-state index in [0.29, 0.717) is 0 Å². The van der Waals surface area contributed by atoms with E-state index in [1.165, 1.54) is 77.0 Å². The third kappa shape index (κ3) is 5.73. The summed E-state index contributed by atoms with van der Waals surface area (Å²) in [6.45, 7) is 0. The van der Waals surface area contributed by atoms with Gasteiger partial charge in [-0.15, -0.1) is 0 Å². The van der Waals surface area contributed by atoms with Crippen LogP contribution in [0.5, 0.6) is 0 Å². The standard InChI is InChI=1S/C67H42N4/c1-3-19-49(20-4-1)70-61-27-9-7-23-55(61)57-41-47(31-35-63(57)70)67(48-32-36-64-58(42-48)56-24-8-10-28-62(56)71(64)50-21-5-2-6-22-50)59-39-45(51-25-11-15-43-17-13-37-68-65(43)51)29-33-53(59)54-34-30-46(40-60(54)67)52-26-12-16-44-18-14-38-69-66(44)52/h1-42H. The predicted octanol–water partition coefficient (Wildman–Crippen LogP) is 16.7. The molecule has 0 N–H and O–H groups in total. The highest BCUT2D eigenvalue weighted by Gasteiger charge is 2.47. The number of nitrogens with zero attached hydrogens (tertiary/aromatic N) is 4. The van der Waals surface area contributed by atoms with Gasteiger partial charge >= 0.3 is 0 Å². The van der Waals surface area contributed by atoms with Crippen LogP contribution in [0, 0.1) is 0 Å². The lowest BCUT2D eigenvalue weighted by molar-refractivity contribution is 0.772. The average molecular weight is 903 g/mol. The maximum absolute atomic E-state index is 4.98. The molecule has 0 saturated carbocycles. The second-order valence-corrected chi connectivity index (χ2v) is 18.9. The fourth-order valence-electron chi connectivity index (χ4n) is 12.2. The molecule has 1 aliphatic carbocycles. The molecule has 14 aromatic rings. The summed E-state index contributed by atoms with van der Waals surface area (Å²) in [6, 6.07) is 89.6. The molecule has 0 saturated heterocycles. The van der Waals surface area contributed by atoms with Crippen LogP contribution in [-0.2, 0) is 5.41 Å². The monoisotopic (exact) mass is 902 g/mol. The normalized spacial score (nSPS) is 12.9. The van der Waals surface area contributed by atoms with Crippen molar-refractivity contribution in [2.24, 2.45) is 0 Å². The molecule has 0 aliphatic heterocycles. The number of fused-ring (bicyclic) bond motifs is 11. The van der Waals surface area contributed by atoms with Crippen molar-refractivity contribution in [1.29, 1.82) is 0 Å². The summed E-state index contributed by atoms with van der Waals surface area (Å²) in [7, 11) is 0. The summed E-state index contributed by atoms with van der Waals surface area (Å²) < 4.78 is 4.83. The van der Waals surface area contributed by atoms with Crippen LogP contribution in [0.2, 0.25) is 0 Å². The molecule has 71 heavy (non-hydrogen) atoms. The Balaban J connectivity index is 1.10. The molecule has 0 fully saturated rings. The highest BCUT2D eigenvalue weighted by molar-refractivity contribution is 6.12. The Morgan fingerprint density at radius 2 is 0.718 bits per heavy atom. The van der Waals surface area contributed by atoms with Crippen molar-refractivity contribution in [3.8, 4) is 44.8 Å². The van der Waals surface area contributed by atoms with Crippen LogP contribution >= 0.6 is 0 Å². The van der Waals surface area contributed by atoms with Crippen molar-refractivity contribution in [2.75, 3.05) is 0 Å². The molecule has 10 aromatic carbocycles. The van der Waals surface area contributed by atoms with Crippen molar-refractivity contribution in [2.45, 2.75) is 5.41 Å². The first-order valence-electron chi connectivity index (χ1n) is 24.4. The molecule has 0 radical (unpaired) electrons. The van der Waals surface area contributed by atoms with E-state index in [4.69, 9.17) is 9.97 Å². The minimum atomic E-state index is -0.791. The molecule has 0 unspecified atom stereocenters. The van der Waals surface area contributed by atoms with Gasteiger partial charge in [0.15, 0.2) is 0 Å². The summed E-state index contributed by atoms with van der Waals surface area (Å²) in [5.74, 6) is 0. The number of para-hydroxylation sites is 6. The van der Waals surface area contributed by atoms with Crippen molar-refractivity contribution in [1.82, 2.24) is 19.1 Å². The number of benzene rings is 10. The summed E-state index contributed by atoms with van der Waals surface area (Å²) >= 11 is 0. The number of hydrogen-bond acceptors (Lipinski definition) is 2. The summed E-state index contributed by atoms with van der Waals surface area (Å²) in [6.07, 6.45) is 3.82. The van der Waals surface area contributed by atoms with Crippen LogP contribution in [0.1, 0.15) is 22.3 Å². The fourth-order valence-corrected chi connectivity index (χ4v) is 12.2. The first-order valence-corrected chi connectivity index (χ1v) is 24.4. The molecular formula is C67H42N4. The zero-order chi connectivity index (χ0) is 46.6. The Labute approximate surface area is 410 Å². The van der Waals surface area contributed by atoms with Gasteiger partial charge in [-0.25, -0.2) is 0 Å². The molecule has 4 aromatic heterocycles. The van der Waals surface area contributed by atoms with Gasteiger partial charge in [0.1, 0.15) is 0 Å². The third-order valence-electron chi connectivity index (χ3n) is 15.3. The topological polar surface area (TPSA) is 35.6 Å². The van der Waals surface area contributed by atoms with E-state index in [0.717, 1.165) is 55.4 Å². The van der Waals surface area contributed by atoms with E-state index in [-0.39, 0.29) is 0 Å². The van der Waals surface area contributed by atoms with Crippen molar-refractivity contribution in [3.63, 3.8) is 0 Å². The van der Waals surface area contributed by atoms with Gasteiger partial charge in [-0.1, -0.05) is 158 Å². The van der Waals surface area contributed by atoms with E-state index in [1.54, 1.807) is 0 Å². The Kier molecular flexibility index (Phi) is 8.54. The summed E-state index contributed by atoms with van der Waals surface area (Å²) in [4.78, 5) is 9.97. The van der Waals surface area contributed by atoms with E-state index in [1.807, 2.05) is 24.5 Å². The Morgan fingerprint density at radius 3 is 1.20 bits per heavy atom. The largest absolute Gasteiger partial charge is 0.309 e. The zero-order valence-corrected chi connectivity index (χ0v) is 38.5. The lowest BCUT2D eigenvalue weighted by Crippen LogP contribution is -2.28. The van der Waals surface area contributed by atoms with Crippen LogP contribution in [0.25, 0.3) is 110 Å². The molecule has 0 bridgehead atoms. The van der Waals surface area contributed by atoms with Gasteiger partial charge in [0.2, 0.25) is 0 Å². The molecule has 330 valence electrons. The lowest BCUT2D eigenvalue weighted by Gasteiger charge is -2.35. The van der Waals surface area contributed by atoms with E-state index in [9.17, 15) is 0 Å².